The number of ether oxygens (including phenoxy) is 2. The van der Waals surface area contributed by atoms with Crippen LogP contribution < -0.4 is 10.1 Å². The Kier molecular flexibility index (Phi) is 7.77. The van der Waals surface area contributed by atoms with Crippen molar-refractivity contribution in [1.29, 1.82) is 0 Å². The van der Waals surface area contributed by atoms with E-state index in [0.29, 0.717) is 36.5 Å². The zero-order valence-corrected chi connectivity index (χ0v) is 19.7. The Morgan fingerprint density at radius 3 is 2.56 bits per heavy atom. The Hall–Kier alpha value is -2.61. The SMILES string of the molecule is CCC(=O)N1C[C@@H](C)[C@H](OC)CN(C)C(=O)c2cc(NC(=O)C3CC3)ccc2OC[C@H]1C. The minimum absolute atomic E-state index is 0.0181. The van der Waals surface area contributed by atoms with Gasteiger partial charge in [-0.15, -0.1) is 0 Å². The summed E-state index contributed by atoms with van der Waals surface area (Å²) in [6.07, 6.45) is 1.99. The summed E-state index contributed by atoms with van der Waals surface area (Å²) in [5, 5.41) is 2.90. The van der Waals surface area contributed by atoms with Crippen LogP contribution in [-0.2, 0) is 14.3 Å². The molecule has 32 heavy (non-hydrogen) atoms. The van der Waals surface area contributed by atoms with Gasteiger partial charge in [0.1, 0.15) is 12.4 Å². The van der Waals surface area contributed by atoms with E-state index in [2.05, 4.69) is 5.32 Å². The molecule has 8 heteroatoms. The fraction of sp³-hybridized carbons (Fsp3) is 0.625. The molecule has 0 radical (unpaired) electrons. The number of nitrogens with one attached hydrogen (secondary N) is 1. The molecule has 1 aromatic rings. The smallest absolute Gasteiger partial charge is 0.257 e. The van der Waals surface area contributed by atoms with Gasteiger partial charge < -0.3 is 24.6 Å². The number of rotatable bonds is 4. The van der Waals surface area contributed by atoms with E-state index in [-0.39, 0.29) is 48.3 Å². The first-order valence-electron chi connectivity index (χ1n) is 11.4. The molecule has 1 N–H and O–H groups in total. The number of carbonyl (C=O) groups excluding carboxylic acids is 3. The van der Waals surface area contributed by atoms with Gasteiger partial charge in [-0.05, 0) is 38.0 Å². The van der Waals surface area contributed by atoms with Crippen molar-refractivity contribution in [3.63, 3.8) is 0 Å². The molecule has 3 rings (SSSR count). The van der Waals surface area contributed by atoms with Crippen LogP contribution >= 0.6 is 0 Å². The Morgan fingerprint density at radius 2 is 1.94 bits per heavy atom. The number of likely N-dealkylation sites (N-methyl/N-ethyl adjacent to an activating group) is 1. The number of hydrogen-bond acceptors (Lipinski definition) is 5. The van der Waals surface area contributed by atoms with Crippen LogP contribution in [0.25, 0.3) is 0 Å². The molecule has 1 aliphatic heterocycles. The monoisotopic (exact) mass is 445 g/mol. The first kappa shape index (κ1) is 24.0. The van der Waals surface area contributed by atoms with Crippen LogP contribution in [0.5, 0.6) is 5.75 Å². The van der Waals surface area contributed by atoms with Gasteiger partial charge >= 0.3 is 0 Å². The molecular weight excluding hydrogens is 410 g/mol. The molecule has 8 nitrogen and oxygen atoms in total. The van der Waals surface area contributed by atoms with Crippen molar-refractivity contribution in [2.45, 2.75) is 52.2 Å². The lowest BCUT2D eigenvalue weighted by atomic mass is 10.0. The average molecular weight is 446 g/mol. The van der Waals surface area contributed by atoms with Crippen molar-refractivity contribution >= 4 is 23.4 Å². The highest BCUT2D eigenvalue weighted by Gasteiger charge is 2.31. The molecule has 176 valence electrons. The van der Waals surface area contributed by atoms with Gasteiger partial charge in [-0.3, -0.25) is 14.4 Å². The maximum atomic E-state index is 13.3. The summed E-state index contributed by atoms with van der Waals surface area (Å²) in [4.78, 5) is 41.6. The predicted molar refractivity (Wildman–Crippen MR) is 122 cm³/mol. The zero-order chi connectivity index (χ0) is 23.4. The molecule has 0 saturated heterocycles. The van der Waals surface area contributed by atoms with Crippen LogP contribution in [0.15, 0.2) is 18.2 Å². The number of hydrogen-bond donors (Lipinski definition) is 1. The molecule has 1 aromatic carbocycles. The maximum Gasteiger partial charge on any atom is 0.257 e. The standard InChI is InChI=1S/C24H35N3O5/c1-6-22(28)27-12-15(2)21(31-5)13-26(4)24(30)19-11-18(25-23(29)17-7-8-17)9-10-20(19)32-14-16(27)3/h9-11,15-17,21H,6-8,12-14H2,1-5H3,(H,25,29)/t15-,16-,21-/m1/s1. The van der Waals surface area contributed by atoms with Crippen LogP contribution in [0.4, 0.5) is 5.69 Å². The molecule has 0 spiro atoms. The van der Waals surface area contributed by atoms with Gasteiger partial charge in [0.15, 0.2) is 0 Å². The molecule has 0 unspecified atom stereocenters. The van der Waals surface area contributed by atoms with Gasteiger partial charge in [0.05, 0.1) is 17.7 Å². The zero-order valence-electron chi connectivity index (χ0n) is 19.7. The first-order chi connectivity index (χ1) is 15.2. The van der Waals surface area contributed by atoms with Gasteiger partial charge in [0.2, 0.25) is 11.8 Å². The summed E-state index contributed by atoms with van der Waals surface area (Å²) in [6, 6.07) is 4.96. The number of nitrogens with zero attached hydrogens (tertiary/aromatic N) is 2. The van der Waals surface area contributed by atoms with Crippen LogP contribution in [0.1, 0.15) is 50.4 Å². The van der Waals surface area contributed by atoms with E-state index in [1.807, 2.05) is 25.7 Å². The van der Waals surface area contributed by atoms with Gasteiger partial charge in [0.25, 0.3) is 5.91 Å². The number of carbonyl (C=O) groups is 3. The van der Waals surface area contributed by atoms with E-state index < -0.39 is 0 Å². The Bertz CT molecular complexity index is 854. The third-order valence-electron chi connectivity index (χ3n) is 6.28. The fourth-order valence-electron chi connectivity index (χ4n) is 3.99. The molecule has 1 saturated carbocycles. The summed E-state index contributed by atoms with van der Waals surface area (Å²) in [5.41, 5.74) is 0.954. The molecule has 1 aliphatic carbocycles. The molecule has 3 amide bonds. The molecular formula is C24H35N3O5. The highest BCUT2D eigenvalue weighted by molar-refractivity contribution is 6.00. The van der Waals surface area contributed by atoms with Gasteiger partial charge in [-0.1, -0.05) is 13.8 Å². The van der Waals surface area contributed by atoms with Crippen molar-refractivity contribution in [2.75, 3.05) is 39.2 Å². The lowest BCUT2D eigenvalue weighted by Crippen LogP contribution is -2.48. The second-order valence-electron chi connectivity index (χ2n) is 8.97. The Balaban J connectivity index is 1.93. The summed E-state index contributed by atoms with van der Waals surface area (Å²) < 4.78 is 11.7. The lowest BCUT2D eigenvalue weighted by Gasteiger charge is -2.36. The molecule has 0 bridgehead atoms. The van der Waals surface area contributed by atoms with Crippen molar-refractivity contribution in [2.24, 2.45) is 11.8 Å². The lowest BCUT2D eigenvalue weighted by molar-refractivity contribution is -0.135. The van der Waals surface area contributed by atoms with Crippen molar-refractivity contribution < 1.29 is 23.9 Å². The van der Waals surface area contributed by atoms with Gasteiger partial charge in [-0.25, -0.2) is 0 Å². The molecule has 0 aromatic heterocycles. The highest BCUT2D eigenvalue weighted by atomic mass is 16.5. The fourth-order valence-corrected chi connectivity index (χ4v) is 3.99. The number of methoxy groups -OCH3 is 1. The van der Waals surface area contributed by atoms with E-state index in [1.54, 1.807) is 37.3 Å². The second-order valence-corrected chi connectivity index (χ2v) is 8.97. The Labute approximate surface area is 190 Å². The third kappa shape index (κ3) is 5.59. The van der Waals surface area contributed by atoms with Crippen molar-refractivity contribution in [1.82, 2.24) is 9.80 Å². The maximum absolute atomic E-state index is 13.3. The van der Waals surface area contributed by atoms with E-state index >= 15 is 0 Å². The topological polar surface area (TPSA) is 88.2 Å². The number of fused-ring (bicyclic) bond motifs is 1. The molecule has 3 atom stereocenters. The largest absolute Gasteiger partial charge is 0.491 e. The average Bonchev–Trinajstić information content (AvgIpc) is 3.63. The quantitative estimate of drug-likeness (QED) is 0.770. The van der Waals surface area contributed by atoms with Gasteiger partial charge in [0, 0.05) is 51.2 Å². The van der Waals surface area contributed by atoms with E-state index in [9.17, 15) is 14.4 Å². The first-order valence-corrected chi connectivity index (χ1v) is 11.4. The van der Waals surface area contributed by atoms with Crippen LogP contribution in [0, 0.1) is 11.8 Å². The van der Waals surface area contributed by atoms with Gasteiger partial charge in [-0.2, -0.15) is 0 Å². The van der Waals surface area contributed by atoms with E-state index in [1.165, 1.54) is 0 Å². The molecule has 1 heterocycles. The van der Waals surface area contributed by atoms with E-state index in [0.717, 1.165) is 12.8 Å². The Morgan fingerprint density at radius 1 is 1.22 bits per heavy atom. The van der Waals surface area contributed by atoms with Crippen molar-refractivity contribution in [3.8, 4) is 5.75 Å². The highest BCUT2D eigenvalue weighted by Crippen LogP contribution is 2.31. The number of anilines is 1. The predicted octanol–water partition coefficient (Wildman–Crippen LogP) is 2.78. The van der Waals surface area contributed by atoms with E-state index in [4.69, 9.17) is 9.47 Å². The summed E-state index contributed by atoms with van der Waals surface area (Å²) in [5.74, 6) is 0.364. The number of amides is 3. The van der Waals surface area contributed by atoms with Crippen LogP contribution in [0.2, 0.25) is 0 Å². The number of benzene rings is 1. The molecule has 2 aliphatic rings. The summed E-state index contributed by atoms with van der Waals surface area (Å²) in [7, 11) is 3.35. The minimum Gasteiger partial charge on any atom is -0.491 e. The van der Waals surface area contributed by atoms with Crippen LogP contribution in [0.3, 0.4) is 0 Å². The third-order valence-corrected chi connectivity index (χ3v) is 6.28. The minimum atomic E-state index is -0.232. The van der Waals surface area contributed by atoms with Crippen molar-refractivity contribution in [3.05, 3.63) is 23.8 Å². The molecule has 1 fully saturated rings. The summed E-state index contributed by atoms with van der Waals surface area (Å²) in [6.45, 7) is 6.98. The normalized spacial score (nSPS) is 24.7. The van der Waals surface area contributed by atoms with Crippen LogP contribution in [-0.4, -0.2) is 73.5 Å². The summed E-state index contributed by atoms with van der Waals surface area (Å²) >= 11 is 0. The second kappa shape index (κ2) is 10.3.